The molecule has 0 atom stereocenters. The molecule has 1 aromatic heterocycles. The molecule has 0 aliphatic rings. The number of hydrogen-bond acceptors (Lipinski definition) is 3. The second-order valence-corrected chi connectivity index (χ2v) is 6.44. The average molecular weight is 240 g/mol. The van der Waals surface area contributed by atoms with Crippen LogP contribution in [-0.2, 0) is 6.42 Å². The Labute approximate surface area is 104 Å². The van der Waals surface area contributed by atoms with Crippen molar-refractivity contribution in [3.05, 3.63) is 22.4 Å². The van der Waals surface area contributed by atoms with Gasteiger partial charge in [-0.3, -0.25) is 0 Å². The van der Waals surface area contributed by atoms with Gasteiger partial charge in [-0.25, -0.2) is 0 Å². The van der Waals surface area contributed by atoms with E-state index in [1.807, 2.05) is 11.3 Å². The van der Waals surface area contributed by atoms with Crippen molar-refractivity contribution < 1.29 is 0 Å². The van der Waals surface area contributed by atoms with E-state index in [4.69, 9.17) is 0 Å². The summed E-state index contributed by atoms with van der Waals surface area (Å²) in [5.41, 5.74) is 0.346. The van der Waals surface area contributed by atoms with E-state index < -0.39 is 0 Å². The van der Waals surface area contributed by atoms with Crippen molar-refractivity contribution in [2.45, 2.75) is 20.3 Å². The van der Waals surface area contributed by atoms with Gasteiger partial charge in [0.2, 0.25) is 0 Å². The molecule has 0 unspecified atom stereocenters. The van der Waals surface area contributed by atoms with Crippen LogP contribution in [0.3, 0.4) is 0 Å². The second-order valence-electron chi connectivity index (χ2n) is 5.41. The lowest BCUT2D eigenvalue weighted by Gasteiger charge is -2.28. The molecule has 0 aliphatic heterocycles. The number of rotatable bonds is 7. The predicted octanol–water partition coefficient (Wildman–Crippen LogP) is 2.47. The fourth-order valence-corrected chi connectivity index (χ4v) is 2.71. The summed E-state index contributed by atoms with van der Waals surface area (Å²) in [6.45, 7) is 7.91. The van der Waals surface area contributed by atoms with Gasteiger partial charge in [-0.1, -0.05) is 19.9 Å². The quantitative estimate of drug-likeness (QED) is 0.737. The summed E-state index contributed by atoms with van der Waals surface area (Å²) in [6.07, 6.45) is 1.15. The van der Waals surface area contributed by atoms with E-state index in [0.29, 0.717) is 5.41 Å². The largest absolute Gasteiger partial charge is 0.316 e. The summed E-state index contributed by atoms with van der Waals surface area (Å²) >= 11 is 1.84. The van der Waals surface area contributed by atoms with Crippen molar-refractivity contribution in [2.75, 3.05) is 33.7 Å². The molecule has 0 radical (unpaired) electrons. The minimum absolute atomic E-state index is 0.346. The SMILES string of the molecule is CN(C)CC(C)(C)CNCCc1cccs1. The highest BCUT2D eigenvalue weighted by molar-refractivity contribution is 7.09. The van der Waals surface area contributed by atoms with Gasteiger partial charge in [-0.05, 0) is 43.9 Å². The van der Waals surface area contributed by atoms with E-state index >= 15 is 0 Å². The Bertz CT molecular complexity index is 278. The van der Waals surface area contributed by atoms with Gasteiger partial charge in [0.05, 0.1) is 0 Å². The molecular formula is C13H24N2S. The number of thiophene rings is 1. The zero-order valence-electron chi connectivity index (χ0n) is 10.9. The van der Waals surface area contributed by atoms with Gasteiger partial charge >= 0.3 is 0 Å². The molecule has 1 heterocycles. The van der Waals surface area contributed by atoms with Gasteiger partial charge < -0.3 is 10.2 Å². The highest BCUT2D eigenvalue weighted by atomic mass is 32.1. The average Bonchev–Trinajstić information content (AvgIpc) is 2.62. The molecule has 0 aliphatic carbocycles. The van der Waals surface area contributed by atoms with Crippen LogP contribution in [0.5, 0.6) is 0 Å². The van der Waals surface area contributed by atoms with Gasteiger partial charge in [-0.2, -0.15) is 0 Å². The topological polar surface area (TPSA) is 15.3 Å². The Kier molecular flexibility index (Phi) is 5.46. The third-order valence-electron chi connectivity index (χ3n) is 2.48. The number of hydrogen-bond donors (Lipinski definition) is 1. The summed E-state index contributed by atoms with van der Waals surface area (Å²) in [5.74, 6) is 0. The molecule has 3 heteroatoms. The van der Waals surface area contributed by atoms with Crippen LogP contribution in [0.2, 0.25) is 0 Å². The molecule has 0 saturated heterocycles. The molecule has 92 valence electrons. The van der Waals surface area contributed by atoms with Crippen LogP contribution < -0.4 is 5.32 Å². The molecule has 1 N–H and O–H groups in total. The van der Waals surface area contributed by atoms with Crippen LogP contribution in [0.4, 0.5) is 0 Å². The minimum Gasteiger partial charge on any atom is -0.316 e. The normalized spacial score (nSPS) is 12.3. The van der Waals surface area contributed by atoms with Crippen molar-refractivity contribution in [1.29, 1.82) is 0 Å². The smallest absolute Gasteiger partial charge is 0.00578 e. The van der Waals surface area contributed by atoms with Crippen LogP contribution in [-0.4, -0.2) is 38.6 Å². The maximum absolute atomic E-state index is 3.55. The zero-order valence-corrected chi connectivity index (χ0v) is 11.7. The summed E-state index contributed by atoms with van der Waals surface area (Å²) in [7, 11) is 4.26. The molecular weight excluding hydrogens is 216 g/mol. The van der Waals surface area contributed by atoms with Gasteiger partial charge in [0.15, 0.2) is 0 Å². The molecule has 1 aromatic rings. The molecule has 2 nitrogen and oxygen atoms in total. The lowest BCUT2D eigenvalue weighted by Crippen LogP contribution is -2.38. The van der Waals surface area contributed by atoms with E-state index in [1.54, 1.807) is 0 Å². The summed E-state index contributed by atoms with van der Waals surface area (Å²) in [6, 6.07) is 4.33. The molecule has 0 bridgehead atoms. The Hall–Kier alpha value is -0.380. The summed E-state index contributed by atoms with van der Waals surface area (Å²) < 4.78 is 0. The lowest BCUT2D eigenvalue weighted by molar-refractivity contribution is 0.233. The van der Waals surface area contributed by atoms with E-state index in [9.17, 15) is 0 Å². The molecule has 0 spiro atoms. The molecule has 0 saturated carbocycles. The van der Waals surface area contributed by atoms with Gasteiger partial charge in [-0.15, -0.1) is 11.3 Å². The highest BCUT2D eigenvalue weighted by Crippen LogP contribution is 2.14. The van der Waals surface area contributed by atoms with Crippen molar-refractivity contribution in [2.24, 2.45) is 5.41 Å². The first kappa shape index (κ1) is 13.7. The van der Waals surface area contributed by atoms with Crippen molar-refractivity contribution in [3.8, 4) is 0 Å². The molecule has 0 aromatic carbocycles. The van der Waals surface area contributed by atoms with E-state index in [2.05, 4.69) is 55.7 Å². The number of nitrogens with zero attached hydrogens (tertiary/aromatic N) is 1. The lowest BCUT2D eigenvalue weighted by atomic mass is 9.93. The van der Waals surface area contributed by atoms with Crippen LogP contribution in [0, 0.1) is 5.41 Å². The van der Waals surface area contributed by atoms with Crippen LogP contribution in [0.15, 0.2) is 17.5 Å². The van der Waals surface area contributed by atoms with Crippen molar-refractivity contribution in [3.63, 3.8) is 0 Å². The summed E-state index contributed by atoms with van der Waals surface area (Å²) in [4.78, 5) is 3.72. The third kappa shape index (κ3) is 5.64. The third-order valence-corrected chi connectivity index (χ3v) is 3.41. The molecule has 0 amide bonds. The minimum atomic E-state index is 0.346. The Morgan fingerprint density at radius 2 is 2.12 bits per heavy atom. The highest BCUT2D eigenvalue weighted by Gasteiger charge is 2.17. The zero-order chi connectivity index (χ0) is 12.0. The monoisotopic (exact) mass is 240 g/mol. The van der Waals surface area contributed by atoms with E-state index in [-0.39, 0.29) is 0 Å². The maximum Gasteiger partial charge on any atom is 0.00578 e. The summed E-state index contributed by atoms with van der Waals surface area (Å²) in [5, 5.41) is 5.69. The molecule has 16 heavy (non-hydrogen) atoms. The Morgan fingerprint density at radius 1 is 1.38 bits per heavy atom. The Balaban J connectivity index is 2.15. The van der Waals surface area contributed by atoms with Gasteiger partial charge in [0.1, 0.15) is 0 Å². The van der Waals surface area contributed by atoms with Gasteiger partial charge in [0, 0.05) is 18.0 Å². The van der Waals surface area contributed by atoms with Crippen molar-refractivity contribution >= 4 is 11.3 Å². The molecule has 0 fully saturated rings. The first-order valence-corrected chi connectivity index (χ1v) is 6.75. The fourth-order valence-electron chi connectivity index (χ4n) is 2.01. The Morgan fingerprint density at radius 3 is 2.69 bits per heavy atom. The number of nitrogens with one attached hydrogen (secondary N) is 1. The molecule has 1 rings (SSSR count). The maximum atomic E-state index is 3.55. The predicted molar refractivity (Wildman–Crippen MR) is 73.2 cm³/mol. The fraction of sp³-hybridized carbons (Fsp3) is 0.692. The van der Waals surface area contributed by atoms with E-state index in [1.165, 1.54) is 4.88 Å². The first-order valence-electron chi connectivity index (χ1n) is 5.87. The van der Waals surface area contributed by atoms with Crippen LogP contribution >= 0.6 is 11.3 Å². The first-order chi connectivity index (χ1) is 7.49. The standard InChI is InChI=1S/C13H24N2S/c1-13(2,11-15(3)4)10-14-8-7-12-6-5-9-16-12/h5-6,9,14H,7-8,10-11H2,1-4H3. The van der Waals surface area contributed by atoms with Crippen LogP contribution in [0.25, 0.3) is 0 Å². The van der Waals surface area contributed by atoms with Crippen molar-refractivity contribution in [1.82, 2.24) is 10.2 Å². The van der Waals surface area contributed by atoms with E-state index in [0.717, 1.165) is 26.1 Å². The van der Waals surface area contributed by atoms with Gasteiger partial charge in [0.25, 0.3) is 0 Å². The second kappa shape index (κ2) is 6.38. The van der Waals surface area contributed by atoms with Crippen LogP contribution in [0.1, 0.15) is 18.7 Å².